The number of rotatable bonds is 8. The molecule has 0 bridgehead atoms. The first-order valence-electron chi connectivity index (χ1n) is 7.63. The van der Waals surface area contributed by atoms with Crippen molar-refractivity contribution >= 4 is 0 Å². The Hall–Kier alpha value is -0.120. The third-order valence-corrected chi connectivity index (χ3v) is 3.97. The molecule has 3 nitrogen and oxygen atoms in total. The summed E-state index contributed by atoms with van der Waals surface area (Å²) in [6.07, 6.45) is 6.88. The van der Waals surface area contributed by atoms with Gasteiger partial charge in [0, 0.05) is 25.7 Å². The van der Waals surface area contributed by atoms with Crippen molar-refractivity contribution in [2.75, 3.05) is 26.7 Å². The molecule has 18 heavy (non-hydrogen) atoms. The van der Waals surface area contributed by atoms with Gasteiger partial charge in [0.2, 0.25) is 0 Å². The van der Waals surface area contributed by atoms with E-state index in [0.29, 0.717) is 18.2 Å². The Bertz CT molecular complexity index is 209. The molecule has 1 fully saturated rings. The van der Waals surface area contributed by atoms with Gasteiger partial charge in [-0.15, -0.1) is 0 Å². The molecule has 0 aliphatic carbocycles. The molecule has 0 radical (unpaired) electrons. The van der Waals surface area contributed by atoms with Crippen molar-refractivity contribution < 1.29 is 4.74 Å². The molecule has 0 amide bonds. The van der Waals surface area contributed by atoms with E-state index in [9.17, 15) is 0 Å². The van der Waals surface area contributed by atoms with E-state index >= 15 is 0 Å². The van der Waals surface area contributed by atoms with Gasteiger partial charge in [0.05, 0.1) is 6.10 Å². The Morgan fingerprint density at radius 1 is 1.28 bits per heavy atom. The number of ether oxygens (including phenoxy) is 1. The maximum absolute atomic E-state index is 5.45. The van der Waals surface area contributed by atoms with Crippen molar-refractivity contribution in [1.82, 2.24) is 10.2 Å². The van der Waals surface area contributed by atoms with Gasteiger partial charge >= 0.3 is 0 Å². The van der Waals surface area contributed by atoms with Crippen LogP contribution >= 0.6 is 0 Å². The Kier molecular flexibility index (Phi) is 7.87. The van der Waals surface area contributed by atoms with Crippen LogP contribution in [-0.4, -0.2) is 49.8 Å². The second kappa shape index (κ2) is 8.89. The lowest BCUT2D eigenvalue weighted by molar-refractivity contribution is 0.0155. The maximum atomic E-state index is 5.45. The molecule has 0 aromatic rings. The molecule has 1 aliphatic rings. The predicted molar refractivity (Wildman–Crippen MR) is 78.1 cm³/mol. The fourth-order valence-electron chi connectivity index (χ4n) is 2.73. The lowest BCUT2D eigenvalue weighted by Crippen LogP contribution is -2.43. The summed E-state index contributed by atoms with van der Waals surface area (Å²) in [6.45, 7) is 10.4. The van der Waals surface area contributed by atoms with E-state index in [-0.39, 0.29) is 0 Å². The molecule has 2 atom stereocenters. The van der Waals surface area contributed by atoms with E-state index in [1.54, 1.807) is 0 Å². The van der Waals surface area contributed by atoms with Crippen LogP contribution in [0.25, 0.3) is 0 Å². The van der Waals surface area contributed by atoms with Crippen LogP contribution in [0.3, 0.4) is 0 Å². The lowest BCUT2D eigenvalue weighted by atomic mass is 10.00. The smallest absolute Gasteiger partial charge is 0.0598 e. The van der Waals surface area contributed by atoms with Gasteiger partial charge in [-0.2, -0.15) is 0 Å². The average Bonchev–Trinajstić information content (AvgIpc) is 2.34. The van der Waals surface area contributed by atoms with Crippen LogP contribution in [0.5, 0.6) is 0 Å². The zero-order valence-corrected chi connectivity index (χ0v) is 12.7. The molecule has 2 unspecified atom stereocenters. The molecule has 3 heteroatoms. The van der Waals surface area contributed by atoms with Crippen molar-refractivity contribution in [2.24, 2.45) is 0 Å². The van der Waals surface area contributed by atoms with Crippen LogP contribution in [0.4, 0.5) is 0 Å². The summed E-state index contributed by atoms with van der Waals surface area (Å²) in [7, 11) is 1.84. The van der Waals surface area contributed by atoms with Gasteiger partial charge in [-0.25, -0.2) is 0 Å². The molecular weight excluding hydrogens is 224 g/mol. The van der Waals surface area contributed by atoms with E-state index in [4.69, 9.17) is 4.74 Å². The van der Waals surface area contributed by atoms with E-state index in [2.05, 4.69) is 31.0 Å². The zero-order chi connectivity index (χ0) is 13.4. The maximum Gasteiger partial charge on any atom is 0.0598 e. The van der Waals surface area contributed by atoms with Crippen LogP contribution < -0.4 is 5.32 Å². The highest BCUT2D eigenvalue weighted by atomic mass is 16.5. The Labute approximate surface area is 113 Å². The second-order valence-electron chi connectivity index (χ2n) is 5.94. The van der Waals surface area contributed by atoms with Crippen molar-refractivity contribution in [3.05, 3.63) is 0 Å². The fourth-order valence-corrected chi connectivity index (χ4v) is 2.73. The topological polar surface area (TPSA) is 24.5 Å². The third kappa shape index (κ3) is 6.17. The molecule has 0 saturated carbocycles. The number of hydrogen-bond acceptors (Lipinski definition) is 3. The van der Waals surface area contributed by atoms with Crippen molar-refractivity contribution in [3.8, 4) is 0 Å². The van der Waals surface area contributed by atoms with Gasteiger partial charge in [0.25, 0.3) is 0 Å². The largest absolute Gasteiger partial charge is 0.381 e. The molecule has 1 rings (SSSR count). The number of nitrogens with zero attached hydrogens (tertiary/aromatic N) is 1. The van der Waals surface area contributed by atoms with Gasteiger partial charge in [0.15, 0.2) is 0 Å². The average molecular weight is 256 g/mol. The Morgan fingerprint density at radius 3 is 2.67 bits per heavy atom. The molecular formula is C15H32N2O. The summed E-state index contributed by atoms with van der Waals surface area (Å²) in [5, 5.41) is 3.48. The Morgan fingerprint density at radius 2 is 2.06 bits per heavy atom. The summed E-state index contributed by atoms with van der Waals surface area (Å²) in [4.78, 5) is 2.63. The molecule has 1 heterocycles. The predicted octanol–water partition coefficient (Wildman–Crippen LogP) is 2.65. The lowest BCUT2D eigenvalue weighted by Gasteiger charge is -2.37. The summed E-state index contributed by atoms with van der Waals surface area (Å²) in [6, 6.07) is 1.32. The number of nitrogens with one attached hydrogen (secondary N) is 1. The molecule has 1 aliphatic heterocycles. The highest BCUT2D eigenvalue weighted by Crippen LogP contribution is 2.19. The van der Waals surface area contributed by atoms with Crippen molar-refractivity contribution in [3.63, 3.8) is 0 Å². The highest BCUT2D eigenvalue weighted by Gasteiger charge is 2.24. The molecule has 1 N–H and O–H groups in total. The van der Waals surface area contributed by atoms with Crippen LogP contribution in [0.2, 0.25) is 0 Å². The van der Waals surface area contributed by atoms with Gasteiger partial charge in [-0.3, -0.25) is 0 Å². The molecule has 1 saturated heterocycles. The minimum Gasteiger partial charge on any atom is -0.381 e. The number of methoxy groups -OCH3 is 1. The number of unbranched alkanes of at least 4 members (excludes halogenated alkanes) is 2. The number of piperidine rings is 1. The van der Waals surface area contributed by atoms with Gasteiger partial charge in [-0.1, -0.05) is 20.3 Å². The van der Waals surface area contributed by atoms with Crippen molar-refractivity contribution in [1.29, 1.82) is 0 Å². The highest BCUT2D eigenvalue weighted by molar-refractivity contribution is 4.79. The van der Waals surface area contributed by atoms with Gasteiger partial charge in [-0.05, 0) is 45.7 Å². The minimum atomic E-state index is 0.492. The summed E-state index contributed by atoms with van der Waals surface area (Å²) in [5.41, 5.74) is 0. The minimum absolute atomic E-state index is 0.492. The third-order valence-electron chi connectivity index (χ3n) is 3.97. The monoisotopic (exact) mass is 256 g/mol. The zero-order valence-electron chi connectivity index (χ0n) is 12.7. The number of likely N-dealkylation sites (tertiary alicyclic amines) is 1. The number of hydrogen-bond donors (Lipinski definition) is 1. The molecule has 0 aromatic heterocycles. The van der Waals surface area contributed by atoms with E-state index < -0.39 is 0 Å². The second-order valence-corrected chi connectivity index (χ2v) is 5.94. The summed E-state index contributed by atoms with van der Waals surface area (Å²) < 4.78 is 5.45. The van der Waals surface area contributed by atoms with E-state index in [1.165, 1.54) is 51.7 Å². The quantitative estimate of drug-likeness (QED) is 0.676. The first-order valence-corrected chi connectivity index (χ1v) is 7.63. The molecule has 0 spiro atoms. The van der Waals surface area contributed by atoms with Crippen molar-refractivity contribution in [2.45, 2.75) is 71.1 Å². The Balaban J connectivity index is 2.02. The first-order chi connectivity index (χ1) is 8.63. The normalized spacial score (nSPS) is 25.8. The van der Waals surface area contributed by atoms with E-state index in [1.807, 2.05) is 7.11 Å². The van der Waals surface area contributed by atoms with Gasteiger partial charge < -0.3 is 15.0 Å². The summed E-state index contributed by atoms with van der Waals surface area (Å²) in [5.74, 6) is 0. The van der Waals surface area contributed by atoms with Crippen LogP contribution in [0, 0.1) is 0 Å². The molecule has 0 aromatic carbocycles. The van der Waals surface area contributed by atoms with Crippen LogP contribution in [-0.2, 0) is 4.74 Å². The van der Waals surface area contributed by atoms with Crippen LogP contribution in [0.15, 0.2) is 0 Å². The van der Waals surface area contributed by atoms with Crippen LogP contribution in [0.1, 0.15) is 52.9 Å². The summed E-state index contributed by atoms with van der Waals surface area (Å²) >= 11 is 0. The fraction of sp³-hybridized carbons (Fsp3) is 1.00. The van der Waals surface area contributed by atoms with E-state index in [0.717, 1.165) is 0 Å². The SMILES string of the molecule is COC1CCN(CCCCCNC(C)C)C(C)C1. The molecule has 108 valence electrons. The van der Waals surface area contributed by atoms with Gasteiger partial charge in [0.1, 0.15) is 0 Å². The first kappa shape index (κ1) is 15.9. The standard InChI is InChI=1S/C15H32N2O/c1-13(2)16-9-6-5-7-10-17-11-8-15(18-4)12-14(17)3/h13-16H,5-12H2,1-4H3.